The summed E-state index contributed by atoms with van der Waals surface area (Å²) >= 11 is 0. The molecule has 1 fully saturated rings. The van der Waals surface area contributed by atoms with Crippen molar-refractivity contribution in [3.63, 3.8) is 0 Å². The summed E-state index contributed by atoms with van der Waals surface area (Å²) in [6.45, 7) is 16.8. The second-order valence-electron chi connectivity index (χ2n) is 6.09. The van der Waals surface area contributed by atoms with E-state index in [4.69, 9.17) is 0 Å². The van der Waals surface area contributed by atoms with Gasteiger partial charge in [-0.2, -0.15) is 0 Å². The summed E-state index contributed by atoms with van der Waals surface area (Å²) in [6, 6.07) is 0. The van der Waals surface area contributed by atoms with Gasteiger partial charge in [0.15, 0.2) is 0 Å². The van der Waals surface area contributed by atoms with Crippen LogP contribution in [0.4, 0.5) is 0 Å². The molecule has 0 bridgehead atoms. The van der Waals surface area contributed by atoms with Crippen molar-refractivity contribution in [2.45, 2.75) is 46.6 Å². The molecule has 0 aromatic heterocycles. The van der Waals surface area contributed by atoms with Gasteiger partial charge in [-0.1, -0.05) is 20.8 Å². The zero-order valence-electron chi connectivity index (χ0n) is 11.4. The minimum atomic E-state index is 0.309. The summed E-state index contributed by atoms with van der Waals surface area (Å²) in [6.07, 6.45) is 1.24. The number of hydrogen-bond acceptors (Lipinski definition) is 2. The van der Waals surface area contributed by atoms with E-state index >= 15 is 0 Å². The molecule has 0 radical (unpaired) electrons. The fourth-order valence-electron chi connectivity index (χ4n) is 2.23. The quantitative estimate of drug-likeness (QED) is 0.709. The lowest BCUT2D eigenvalue weighted by Gasteiger charge is -2.51. The van der Waals surface area contributed by atoms with Crippen LogP contribution >= 0.6 is 0 Å². The monoisotopic (exact) mass is 212 g/mol. The summed E-state index contributed by atoms with van der Waals surface area (Å²) in [5.41, 5.74) is 0.700. The van der Waals surface area contributed by atoms with Crippen LogP contribution in [0.5, 0.6) is 0 Å². The number of piperazine rings is 1. The maximum absolute atomic E-state index is 2.66. The molecule has 15 heavy (non-hydrogen) atoms. The van der Waals surface area contributed by atoms with Crippen LogP contribution in [0.1, 0.15) is 41.0 Å². The first-order valence-electron chi connectivity index (χ1n) is 6.25. The molecule has 2 heteroatoms. The van der Waals surface area contributed by atoms with Crippen LogP contribution in [0.2, 0.25) is 0 Å². The van der Waals surface area contributed by atoms with Gasteiger partial charge >= 0.3 is 0 Å². The molecule has 1 rings (SSSR count). The van der Waals surface area contributed by atoms with Crippen molar-refractivity contribution < 1.29 is 0 Å². The Hall–Kier alpha value is -0.0800. The minimum Gasteiger partial charge on any atom is -0.304 e. The second-order valence-corrected chi connectivity index (χ2v) is 6.09. The molecule has 0 saturated carbocycles. The van der Waals surface area contributed by atoms with Crippen LogP contribution in [-0.4, -0.2) is 48.6 Å². The third-order valence-corrected chi connectivity index (χ3v) is 4.83. The third-order valence-electron chi connectivity index (χ3n) is 4.83. The summed E-state index contributed by atoms with van der Waals surface area (Å²) in [5.74, 6) is 0. The van der Waals surface area contributed by atoms with Crippen molar-refractivity contribution in [2.75, 3.05) is 33.2 Å². The Bertz CT molecular complexity index is 201. The zero-order chi connectivity index (χ0) is 11.7. The van der Waals surface area contributed by atoms with Gasteiger partial charge in [0.05, 0.1) is 0 Å². The Labute approximate surface area is 95.6 Å². The Morgan fingerprint density at radius 2 is 1.40 bits per heavy atom. The van der Waals surface area contributed by atoms with E-state index in [1.165, 1.54) is 32.6 Å². The highest BCUT2D eigenvalue weighted by atomic mass is 15.3. The van der Waals surface area contributed by atoms with E-state index in [2.05, 4.69) is 51.5 Å². The van der Waals surface area contributed by atoms with Gasteiger partial charge < -0.3 is 4.90 Å². The molecule has 2 nitrogen and oxygen atoms in total. The van der Waals surface area contributed by atoms with E-state index in [-0.39, 0.29) is 0 Å². The number of rotatable bonds is 3. The molecule has 1 saturated heterocycles. The van der Waals surface area contributed by atoms with Crippen LogP contribution in [-0.2, 0) is 0 Å². The molecule has 0 amide bonds. The van der Waals surface area contributed by atoms with Crippen molar-refractivity contribution in [3.8, 4) is 0 Å². The molecule has 1 heterocycles. The molecule has 1 aliphatic heterocycles. The Morgan fingerprint density at radius 1 is 0.933 bits per heavy atom. The lowest BCUT2D eigenvalue weighted by Crippen LogP contribution is -2.59. The van der Waals surface area contributed by atoms with Gasteiger partial charge in [-0.25, -0.2) is 0 Å². The Morgan fingerprint density at radius 3 is 1.80 bits per heavy atom. The molecule has 0 aliphatic carbocycles. The molecule has 0 spiro atoms. The first kappa shape index (κ1) is 13.0. The molecule has 0 aromatic rings. The highest BCUT2D eigenvalue weighted by molar-refractivity contribution is 4.95. The van der Waals surface area contributed by atoms with E-state index in [1.54, 1.807) is 0 Å². The van der Waals surface area contributed by atoms with Gasteiger partial charge in [0.1, 0.15) is 0 Å². The van der Waals surface area contributed by atoms with Gasteiger partial charge in [0.25, 0.3) is 0 Å². The molecule has 0 aromatic carbocycles. The maximum Gasteiger partial charge on any atom is 0.0205 e. The van der Waals surface area contributed by atoms with Crippen molar-refractivity contribution in [1.82, 2.24) is 9.80 Å². The normalized spacial score (nSPS) is 22.0. The molecular formula is C13H28N2. The largest absolute Gasteiger partial charge is 0.304 e. The SMILES string of the molecule is CCC(C)(C)C(C)(C)N1CCN(C)CC1. The molecule has 0 N–H and O–H groups in total. The van der Waals surface area contributed by atoms with E-state index < -0.39 is 0 Å². The predicted molar refractivity (Wildman–Crippen MR) is 67.2 cm³/mol. The van der Waals surface area contributed by atoms with Gasteiger partial charge in [0.2, 0.25) is 0 Å². The van der Waals surface area contributed by atoms with Gasteiger partial charge in [-0.05, 0) is 32.7 Å². The van der Waals surface area contributed by atoms with Crippen LogP contribution in [0, 0.1) is 5.41 Å². The molecule has 1 aliphatic rings. The average Bonchev–Trinajstić information content (AvgIpc) is 2.18. The fourth-order valence-corrected chi connectivity index (χ4v) is 2.23. The summed E-state index contributed by atoms with van der Waals surface area (Å²) in [4.78, 5) is 5.09. The number of hydrogen-bond donors (Lipinski definition) is 0. The molecular weight excluding hydrogens is 184 g/mol. The molecule has 90 valence electrons. The Balaban J connectivity index is 2.69. The first-order valence-corrected chi connectivity index (χ1v) is 6.25. The van der Waals surface area contributed by atoms with Crippen molar-refractivity contribution in [1.29, 1.82) is 0 Å². The van der Waals surface area contributed by atoms with Crippen molar-refractivity contribution in [2.24, 2.45) is 5.41 Å². The zero-order valence-corrected chi connectivity index (χ0v) is 11.4. The summed E-state index contributed by atoms with van der Waals surface area (Å²) < 4.78 is 0. The third kappa shape index (κ3) is 2.54. The van der Waals surface area contributed by atoms with E-state index in [0.717, 1.165) is 0 Å². The van der Waals surface area contributed by atoms with Crippen LogP contribution < -0.4 is 0 Å². The second kappa shape index (κ2) is 4.42. The Kier molecular flexibility index (Phi) is 3.83. The predicted octanol–water partition coefficient (Wildman–Crippen LogP) is 2.45. The summed E-state index contributed by atoms with van der Waals surface area (Å²) in [5, 5.41) is 0. The van der Waals surface area contributed by atoms with Crippen molar-refractivity contribution in [3.05, 3.63) is 0 Å². The first-order chi connectivity index (χ1) is 6.81. The van der Waals surface area contributed by atoms with E-state index in [0.29, 0.717) is 11.0 Å². The number of nitrogens with zero attached hydrogens (tertiary/aromatic N) is 2. The minimum absolute atomic E-state index is 0.309. The van der Waals surface area contributed by atoms with E-state index in [1.807, 2.05) is 0 Å². The molecule has 0 unspecified atom stereocenters. The highest BCUT2D eigenvalue weighted by Crippen LogP contribution is 2.38. The van der Waals surface area contributed by atoms with E-state index in [9.17, 15) is 0 Å². The van der Waals surface area contributed by atoms with Gasteiger partial charge in [-0.15, -0.1) is 0 Å². The van der Waals surface area contributed by atoms with Gasteiger partial charge in [0, 0.05) is 31.7 Å². The van der Waals surface area contributed by atoms with Crippen LogP contribution in [0.15, 0.2) is 0 Å². The standard InChI is InChI=1S/C13H28N2/c1-7-12(2,3)13(4,5)15-10-8-14(6)9-11-15/h7-11H2,1-6H3. The lowest BCUT2D eigenvalue weighted by molar-refractivity contribution is -0.0181. The molecule has 0 atom stereocenters. The van der Waals surface area contributed by atoms with Crippen molar-refractivity contribution >= 4 is 0 Å². The summed E-state index contributed by atoms with van der Waals surface area (Å²) in [7, 11) is 2.22. The average molecular weight is 212 g/mol. The fraction of sp³-hybridized carbons (Fsp3) is 1.00. The van der Waals surface area contributed by atoms with Gasteiger partial charge in [-0.3, -0.25) is 4.90 Å². The van der Waals surface area contributed by atoms with Crippen LogP contribution in [0.3, 0.4) is 0 Å². The topological polar surface area (TPSA) is 6.48 Å². The highest BCUT2D eigenvalue weighted by Gasteiger charge is 2.40. The smallest absolute Gasteiger partial charge is 0.0205 e. The maximum atomic E-state index is 2.66. The lowest BCUT2D eigenvalue weighted by atomic mass is 9.71. The van der Waals surface area contributed by atoms with Crippen LogP contribution in [0.25, 0.3) is 0 Å². The number of likely N-dealkylation sites (N-methyl/N-ethyl adjacent to an activating group) is 1.